The second kappa shape index (κ2) is 2.73. The van der Waals surface area contributed by atoms with Gasteiger partial charge in [0.15, 0.2) is 0 Å². The fourth-order valence-electron chi connectivity index (χ4n) is 1.30. The van der Waals surface area contributed by atoms with Crippen LogP contribution in [0.15, 0.2) is 0 Å². The fourth-order valence-corrected chi connectivity index (χ4v) is 1.30. The summed E-state index contributed by atoms with van der Waals surface area (Å²) in [6.45, 7) is 0. The van der Waals surface area contributed by atoms with E-state index in [1.54, 1.807) is 0 Å². The Morgan fingerprint density at radius 2 is 1.27 bits per heavy atom. The number of halogens is 9. The minimum atomic E-state index is -5.97. The Kier molecular flexibility index (Phi) is 2.26. The molecule has 90 valence electrons. The van der Waals surface area contributed by atoms with Crippen molar-refractivity contribution in [3.8, 4) is 0 Å². The van der Waals surface area contributed by atoms with E-state index in [1.807, 2.05) is 0 Å². The molecule has 9 heteroatoms. The number of alkyl halides is 9. The molecule has 0 N–H and O–H groups in total. The third-order valence-electron chi connectivity index (χ3n) is 2.17. The molecule has 1 saturated carbocycles. The summed E-state index contributed by atoms with van der Waals surface area (Å²) in [5.74, 6) is -21.1. The molecule has 0 spiro atoms. The molecule has 0 aromatic rings. The summed E-state index contributed by atoms with van der Waals surface area (Å²) in [7, 11) is 0. The predicted molar refractivity (Wildman–Crippen MR) is 29.0 cm³/mol. The second-order valence-corrected chi connectivity index (χ2v) is 3.20. The van der Waals surface area contributed by atoms with Gasteiger partial charge in [-0.2, -0.15) is 39.5 Å². The van der Waals surface area contributed by atoms with Gasteiger partial charge in [0.1, 0.15) is 5.92 Å². The zero-order valence-corrected chi connectivity index (χ0v) is 6.69. The first-order valence-corrected chi connectivity index (χ1v) is 3.54. The number of rotatable bonds is 0. The molecule has 0 aromatic carbocycles. The summed E-state index contributed by atoms with van der Waals surface area (Å²) in [4.78, 5) is 0. The van der Waals surface area contributed by atoms with Crippen LogP contribution in [0.25, 0.3) is 0 Å². The van der Waals surface area contributed by atoms with Crippen LogP contribution in [0, 0.1) is 5.92 Å². The number of hydrogen-bond acceptors (Lipinski definition) is 0. The van der Waals surface area contributed by atoms with Gasteiger partial charge in [0.25, 0.3) is 0 Å². The molecule has 15 heavy (non-hydrogen) atoms. The van der Waals surface area contributed by atoms with Gasteiger partial charge in [-0.15, -0.1) is 0 Å². The maximum atomic E-state index is 12.4. The van der Waals surface area contributed by atoms with E-state index in [-0.39, 0.29) is 0 Å². The van der Waals surface area contributed by atoms with Crippen molar-refractivity contribution in [3.63, 3.8) is 0 Å². The van der Waals surface area contributed by atoms with E-state index in [0.29, 0.717) is 0 Å². The normalized spacial score (nSPS) is 33.0. The highest BCUT2D eigenvalue weighted by Gasteiger charge is 2.84. The summed E-state index contributed by atoms with van der Waals surface area (Å²) in [5, 5.41) is 0. The molecule has 1 rings (SSSR count). The topological polar surface area (TPSA) is 0 Å². The summed E-state index contributed by atoms with van der Waals surface area (Å²) in [6.07, 6.45) is -8.39. The van der Waals surface area contributed by atoms with Gasteiger partial charge >= 0.3 is 23.9 Å². The van der Waals surface area contributed by atoms with Crippen LogP contribution in [0.2, 0.25) is 0 Å². The van der Waals surface area contributed by atoms with Gasteiger partial charge in [-0.1, -0.05) is 0 Å². The van der Waals surface area contributed by atoms with Crippen LogP contribution in [0.3, 0.4) is 0 Å². The molecule has 0 radical (unpaired) electrons. The largest absolute Gasteiger partial charge is 0.398 e. The van der Waals surface area contributed by atoms with E-state index in [2.05, 4.69) is 0 Å². The lowest BCUT2D eigenvalue weighted by atomic mass is 10.0. The Bertz CT molecular complexity index is 262. The van der Waals surface area contributed by atoms with Gasteiger partial charge in [0.2, 0.25) is 0 Å². The monoisotopic (exact) mass is 246 g/mol. The first-order chi connectivity index (χ1) is 6.34. The quantitative estimate of drug-likeness (QED) is 0.574. The third kappa shape index (κ3) is 1.46. The molecule has 1 aliphatic rings. The predicted octanol–water partition coefficient (Wildman–Crippen LogP) is 3.47. The summed E-state index contributed by atoms with van der Waals surface area (Å²) >= 11 is 0. The van der Waals surface area contributed by atoms with E-state index in [4.69, 9.17) is 0 Å². The lowest BCUT2D eigenvalue weighted by Gasteiger charge is -2.25. The van der Waals surface area contributed by atoms with E-state index in [0.717, 1.165) is 0 Å². The van der Waals surface area contributed by atoms with Gasteiger partial charge in [0, 0.05) is 6.42 Å². The highest BCUT2D eigenvalue weighted by molar-refractivity contribution is 5.10. The van der Waals surface area contributed by atoms with Crippen molar-refractivity contribution >= 4 is 0 Å². The van der Waals surface area contributed by atoms with Crippen molar-refractivity contribution < 1.29 is 39.5 Å². The van der Waals surface area contributed by atoms with Crippen LogP contribution in [-0.2, 0) is 0 Å². The highest BCUT2D eigenvalue weighted by Crippen LogP contribution is 2.62. The Hall–Kier alpha value is -0.630. The van der Waals surface area contributed by atoms with Crippen LogP contribution >= 0.6 is 0 Å². The van der Waals surface area contributed by atoms with Crippen molar-refractivity contribution in [1.29, 1.82) is 0 Å². The van der Waals surface area contributed by atoms with E-state index in [1.165, 1.54) is 0 Å². The molecule has 0 aromatic heterocycles. The molecular formula is C6H3F9. The zero-order chi connectivity index (χ0) is 12.3. The van der Waals surface area contributed by atoms with Crippen LogP contribution in [0.4, 0.5) is 39.5 Å². The minimum Gasteiger partial charge on any atom is -0.200 e. The summed E-state index contributed by atoms with van der Waals surface area (Å²) < 4.78 is 109. The van der Waals surface area contributed by atoms with Gasteiger partial charge in [-0.3, -0.25) is 0 Å². The van der Waals surface area contributed by atoms with E-state index in [9.17, 15) is 39.5 Å². The van der Waals surface area contributed by atoms with Crippen LogP contribution in [0.1, 0.15) is 6.42 Å². The van der Waals surface area contributed by atoms with E-state index < -0.39 is 36.3 Å². The Morgan fingerprint density at radius 1 is 0.867 bits per heavy atom. The lowest BCUT2D eigenvalue weighted by Crippen LogP contribution is -2.50. The number of hydrogen-bond donors (Lipinski definition) is 0. The second-order valence-electron chi connectivity index (χ2n) is 3.20. The summed E-state index contributed by atoms with van der Waals surface area (Å²) in [6, 6.07) is 0. The highest BCUT2D eigenvalue weighted by atomic mass is 19.4. The Labute approximate surface area is 77.0 Å². The van der Waals surface area contributed by atoms with Crippen molar-refractivity contribution in [1.82, 2.24) is 0 Å². The van der Waals surface area contributed by atoms with Crippen molar-refractivity contribution in [2.45, 2.75) is 30.4 Å². The van der Waals surface area contributed by atoms with Gasteiger partial charge in [-0.05, 0) is 0 Å². The van der Waals surface area contributed by atoms with Gasteiger partial charge in [0.05, 0.1) is 0 Å². The molecular weight excluding hydrogens is 243 g/mol. The van der Waals surface area contributed by atoms with Gasteiger partial charge < -0.3 is 0 Å². The van der Waals surface area contributed by atoms with Crippen LogP contribution < -0.4 is 0 Å². The average Bonchev–Trinajstić information content (AvgIpc) is 2.07. The molecule has 1 aliphatic carbocycles. The van der Waals surface area contributed by atoms with Crippen LogP contribution in [0.5, 0.6) is 0 Å². The molecule has 0 aliphatic heterocycles. The lowest BCUT2D eigenvalue weighted by molar-refractivity contribution is -0.301. The van der Waals surface area contributed by atoms with Gasteiger partial charge in [-0.25, -0.2) is 0 Å². The Morgan fingerprint density at radius 3 is 1.40 bits per heavy atom. The molecule has 0 nitrogen and oxygen atoms in total. The molecule has 1 atom stereocenters. The first kappa shape index (κ1) is 12.4. The molecule has 1 unspecified atom stereocenters. The van der Waals surface area contributed by atoms with E-state index >= 15 is 0 Å². The SMILES string of the molecule is FC(F)(F)C1CC(F)(F)C(F)(F)C1(F)F. The maximum Gasteiger partial charge on any atom is 0.398 e. The minimum absolute atomic E-state index is 2.60. The Balaban J connectivity index is 3.20. The molecule has 1 fully saturated rings. The smallest absolute Gasteiger partial charge is 0.200 e. The van der Waals surface area contributed by atoms with Crippen molar-refractivity contribution in [3.05, 3.63) is 0 Å². The standard InChI is InChI=1S/C6H3F9/c7-3(8)1-2(5(11,12)13)4(9,10)6(3,14)15/h2H,1H2. The third-order valence-corrected chi connectivity index (χ3v) is 2.17. The first-order valence-electron chi connectivity index (χ1n) is 3.54. The molecule has 0 saturated heterocycles. The van der Waals surface area contributed by atoms with Crippen LogP contribution in [-0.4, -0.2) is 23.9 Å². The zero-order valence-electron chi connectivity index (χ0n) is 6.69. The fraction of sp³-hybridized carbons (Fsp3) is 1.00. The maximum absolute atomic E-state index is 12.4. The molecule has 0 heterocycles. The molecule has 0 bridgehead atoms. The average molecular weight is 246 g/mol. The van der Waals surface area contributed by atoms with Crippen molar-refractivity contribution in [2.75, 3.05) is 0 Å². The summed E-state index contributed by atoms with van der Waals surface area (Å²) in [5.41, 5.74) is 0. The van der Waals surface area contributed by atoms with Crippen molar-refractivity contribution in [2.24, 2.45) is 5.92 Å². The molecule has 0 amide bonds.